The van der Waals surface area contributed by atoms with Crippen molar-refractivity contribution in [2.24, 2.45) is 0 Å². The van der Waals surface area contributed by atoms with E-state index in [1.54, 1.807) is 0 Å². The van der Waals surface area contributed by atoms with Crippen molar-refractivity contribution >= 4 is 54.3 Å². The fraction of sp³-hybridized carbons (Fsp3) is 0. The number of benzene rings is 7. The molecule has 0 unspecified atom stereocenters. The summed E-state index contributed by atoms with van der Waals surface area (Å²) in [4.78, 5) is 10.3. The van der Waals surface area contributed by atoms with Crippen molar-refractivity contribution in [1.29, 1.82) is 0 Å². The Balaban J connectivity index is 1.39. The first-order valence-corrected chi connectivity index (χ1v) is 14.5. The van der Waals surface area contributed by atoms with E-state index in [2.05, 4.69) is 127 Å². The third kappa shape index (κ3) is 3.83. The number of fused-ring (bicyclic) bond motifs is 8. The fourth-order valence-electron chi connectivity index (χ4n) is 6.41. The van der Waals surface area contributed by atoms with Crippen molar-refractivity contribution < 1.29 is 4.42 Å². The minimum atomic E-state index is 0.695. The van der Waals surface area contributed by atoms with Gasteiger partial charge < -0.3 is 4.42 Å². The predicted octanol–water partition coefficient (Wildman–Crippen LogP) is 10.8. The van der Waals surface area contributed by atoms with Gasteiger partial charge in [-0.3, -0.25) is 0 Å². The third-order valence-electron chi connectivity index (χ3n) is 8.45. The molecule has 2 aromatic heterocycles. The van der Waals surface area contributed by atoms with Crippen LogP contribution in [0.1, 0.15) is 0 Å². The molecule has 9 aromatic rings. The van der Waals surface area contributed by atoms with Crippen LogP contribution in [0.25, 0.3) is 88.2 Å². The number of hydrogen-bond donors (Lipinski definition) is 0. The quantitative estimate of drug-likeness (QED) is 0.206. The zero-order chi connectivity index (χ0) is 28.3. The molecule has 0 aliphatic heterocycles. The molecule has 2 heterocycles. The summed E-state index contributed by atoms with van der Waals surface area (Å²) in [5.74, 6) is 0.695. The standard InChI is InChI=1S/C40H24N2O/c1-2-12-27(13-3-1)34-24-35(42-40(41-34)29-19-18-25-10-4-5-14-28(25)22-29)33-23-37-39(32-16-8-9-17-36(32)43-37)38-30-15-7-6-11-26(30)20-21-31(33)38/h1-24H. The average Bonchev–Trinajstić information content (AvgIpc) is 3.46. The Labute approximate surface area is 247 Å². The maximum absolute atomic E-state index is 6.51. The summed E-state index contributed by atoms with van der Waals surface area (Å²) in [5, 5.41) is 9.33. The number of rotatable bonds is 3. The predicted molar refractivity (Wildman–Crippen MR) is 178 cm³/mol. The SMILES string of the molecule is c1ccc(-c2cc(-c3cc4oc5ccccc5c4c4c3ccc3ccccc34)nc(-c3ccc4ccccc4c3)n2)cc1. The first-order valence-electron chi connectivity index (χ1n) is 14.5. The molecule has 0 spiro atoms. The van der Waals surface area contributed by atoms with Crippen LogP contribution in [0, 0.1) is 0 Å². The van der Waals surface area contributed by atoms with E-state index < -0.39 is 0 Å². The van der Waals surface area contributed by atoms with Gasteiger partial charge in [0.2, 0.25) is 0 Å². The van der Waals surface area contributed by atoms with Crippen LogP contribution in [0.4, 0.5) is 0 Å². The monoisotopic (exact) mass is 548 g/mol. The van der Waals surface area contributed by atoms with Gasteiger partial charge in [0.25, 0.3) is 0 Å². The number of para-hydroxylation sites is 1. The van der Waals surface area contributed by atoms with Gasteiger partial charge in [-0.25, -0.2) is 9.97 Å². The van der Waals surface area contributed by atoms with Crippen LogP contribution in [0.3, 0.4) is 0 Å². The van der Waals surface area contributed by atoms with Crippen molar-refractivity contribution in [2.45, 2.75) is 0 Å². The topological polar surface area (TPSA) is 38.9 Å². The molecule has 0 bridgehead atoms. The lowest BCUT2D eigenvalue weighted by Gasteiger charge is -2.13. The average molecular weight is 549 g/mol. The second-order valence-corrected chi connectivity index (χ2v) is 11.0. The van der Waals surface area contributed by atoms with Crippen LogP contribution >= 0.6 is 0 Å². The third-order valence-corrected chi connectivity index (χ3v) is 8.45. The van der Waals surface area contributed by atoms with Gasteiger partial charge in [-0.2, -0.15) is 0 Å². The van der Waals surface area contributed by atoms with E-state index in [1.165, 1.54) is 21.5 Å². The highest BCUT2D eigenvalue weighted by Crippen LogP contribution is 2.43. The van der Waals surface area contributed by atoms with Crippen LogP contribution in [-0.2, 0) is 0 Å². The highest BCUT2D eigenvalue weighted by atomic mass is 16.3. The Bertz CT molecular complexity index is 2510. The van der Waals surface area contributed by atoms with E-state index in [-0.39, 0.29) is 0 Å². The van der Waals surface area contributed by atoms with Gasteiger partial charge >= 0.3 is 0 Å². The minimum Gasteiger partial charge on any atom is -0.456 e. The molecule has 0 N–H and O–H groups in total. The molecule has 0 aliphatic carbocycles. The van der Waals surface area contributed by atoms with E-state index in [0.717, 1.165) is 60.8 Å². The summed E-state index contributed by atoms with van der Waals surface area (Å²) in [5.41, 5.74) is 6.53. The molecular formula is C40H24N2O. The molecule has 0 fully saturated rings. The second-order valence-electron chi connectivity index (χ2n) is 11.0. The highest BCUT2D eigenvalue weighted by molar-refractivity contribution is 6.29. The molecule has 9 rings (SSSR count). The zero-order valence-corrected chi connectivity index (χ0v) is 23.2. The molecule has 0 atom stereocenters. The molecule has 0 amide bonds. The van der Waals surface area contributed by atoms with Gasteiger partial charge in [-0.15, -0.1) is 0 Å². The van der Waals surface area contributed by atoms with Crippen molar-refractivity contribution in [1.82, 2.24) is 9.97 Å². The van der Waals surface area contributed by atoms with Gasteiger partial charge in [0.05, 0.1) is 11.4 Å². The Kier molecular flexibility index (Phi) is 5.20. The van der Waals surface area contributed by atoms with Gasteiger partial charge in [-0.05, 0) is 51.2 Å². The van der Waals surface area contributed by atoms with Gasteiger partial charge in [0, 0.05) is 32.8 Å². The molecule has 3 heteroatoms. The fourth-order valence-corrected chi connectivity index (χ4v) is 6.41. The zero-order valence-electron chi connectivity index (χ0n) is 23.2. The lowest BCUT2D eigenvalue weighted by molar-refractivity contribution is 0.669. The normalized spacial score (nSPS) is 11.7. The number of hydrogen-bond acceptors (Lipinski definition) is 3. The number of aromatic nitrogens is 2. The number of furan rings is 1. The molecule has 200 valence electrons. The smallest absolute Gasteiger partial charge is 0.160 e. The summed E-state index contributed by atoms with van der Waals surface area (Å²) in [6.45, 7) is 0. The van der Waals surface area contributed by atoms with Gasteiger partial charge in [0.1, 0.15) is 11.2 Å². The van der Waals surface area contributed by atoms with E-state index in [9.17, 15) is 0 Å². The summed E-state index contributed by atoms with van der Waals surface area (Å²) in [7, 11) is 0. The van der Waals surface area contributed by atoms with Crippen LogP contribution in [0.5, 0.6) is 0 Å². The lowest BCUT2D eigenvalue weighted by Crippen LogP contribution is -1.97. The molecule has 3 nitrogen and oxygen atoms in total. The van der Waals surface area contributed by atoms with Crippen LogP contribution < -0.4 is 0 Å². The van der Waals surface area contributed by atoms with Gasteiger partial charge in [-0.1, -0.05) is 121 Å². The first-order chi connectivity index (χ1) is 21.3. The summed E-state index contributed by atoms with van der Waals surface area (Å²) in [6, 6.07) is 50.8. The van der Waals surface area contributed by atoms with E-state index >= 15 is 0 Å². The number of nitrogens with zero attached hydrogens (tertiary/aromatic N) is 2. The van der Waals surface area contributed by atoms with E-state index in [4.69, 9.17) is 14.4 Å². The van der Waals surface area contributed by atoms with E-state index in [0.29, 0.717) is 5.82 Å². The molecule has 7 aromatic carbocycles. The highest BCUT2D eigenvalue weighted by Gasteiger charge is 2.19. The largest absolute Gasteiger partial charge is 0.456 e. The molecular weight excluding hydrogens is 524 g/mol. The first kappa shape index (κ1) is 23.9. The van der Waals surface area contributed by atoms with Crippen LogP contribution in [0.2, 0.25) is 0 Å². The Morgan fingerprint density at radius 2 is 1.09 bits per heavy atom. The lowest BCUT2D eigenvalue weighted by atomic mass is 9.92. The molecule has 43 heavy (non-hydrogen) atoms. The molecule has 0 saturated carbocycles. The van der Waals surface area contributed by atoms with Crippen molar-refractivity contribution in [3.63, 3.8) is 0 Å². The minimum absolute atomic E-state index is 0.695. The Morgan fingerprint density at radius 3 is 1.98 bits per heavy atom. The second kappa shape index (κ2) is 9.37. The Morgan fingerprint density at radius 1 is 0.395 bits per heavy atom. The summed E-state index contributed by atoms with van der Waals surface area (Å²) >= 11 is 0. The summed E-state index contributed by atoms with van der Waals surface area (Å²) < 4.78 is 6.51. The van der Waals surface area contributed by atoms with Crippen LogP contribution in [0.15, 0.2) is 150 Å². The van der Waals surface area contributed by atoms with Crippen molar-refractivity contribution in [2.75, 3.05) is 0 Å². The molecule has 0 radical (unpaired) electrons. The van der Waals surface area contributed by atoms with Crippen LogP contribution in [-0.4, -0.2) is 9.97 Å². The summed E-state index contributed by atoms with van der Waals surface area (Å²) in [6.07, 6.45) is 0. The van der Waals surface area contributed by atoms with Crippen molar-refractivity contribution in [3.8, 4) is 33.9 Å². The van der Waals surface area contributed by atoms with Crippen molar-refractivity contribution in [3.05, 3.63) is 146 Å². The molecule has 0 aliphatic rings. The van der Waals surface area contributed by atoms with E-state index in [1.807, 2.05) is 18.2 Å². The maximum Gasteiger partial charge on any atom is 0.160 e. The van der Waals surface area contributed by atoms with Gasteiger partial charge in [0.15, 0.2) is 5.82 Å². The molecule has 0 saturated heterocycles. The maximum atomic E-state index is 6.51. The Hall–Kier alpha value is -5.80.